The number of aromatic amines is 1. The third-order valence-electron chi connectivity index (χ3n) is 4.39. The summed E-state index contributed by atoms with van der Waals surface area (Å²) in [5, 5.41) is 6.02. The van der Waals surface area contributed by atoms with Gasteiger partial charge in [-0.05, 0) is 31.9 Å². The average molecular weight is 340 g/mol. The first-order valence-corrected chi connectivity index (χ1v) is 8.81. The normalized spacial score (nSPS) is 11.3. The van der Waals surface area contributed by atoms with E-state index in [0.717, 1.165) is 34.7 Å². The Morgan fingerprint density at radius 1 is 1.20 bits per heavy atom. The monoisotopic (exact) mass is 340 g/mol. The number of rotatable bonds is 6. The second kappa shape index (κ2) is 7.09. The van der Waals surface area contributed by atoms with Crippen LogP contribution in [0.1, 0.15) is 32.3 Å². The van der Waals surface area contributed by atoms with E-state index in [2.05, 4.69) is 10.1 Å². The molecule has 0 bridgehead atoms. The molecule has 0 aliphatic rings. The van der Waals surface area contributed by atoms with Crippen molar-refractivity contribution in [1.82, 2.24) is 19.7 Å². The summed E-state index contributed by atoms with van der Waals surface area (Å²) < 4.78 is 1.26. The Kier molecular flexibility index (Phi) is 4.88. The SMILES string of the molecule is CCCN(CCC)C(=O)Cn1ncc2c([nH]c3ccc(C)cc32)c1=O. The van der Waals surface area contributed by atoms with E-state index < -0.39 is 0 Å². The molecule has 3 rings (SSSR count). The highest BCUT2D eigenvalue weighted by Gasteiger charge is 2.16. The van der Waals surface area contributed by atoms with Crippen molar-refractivity contribution in [1.29, 1.82) is 0 Å². The van der Waals surface area contributed by atoms with Crippen LogP contribution >= 0.6 is 0 Å². The fraction of sp³-hybridized carbons (Fsp3) is 0.421. The molecule has 132 valence electrons. The van der Waals surface area contributed by atoms with Gasteiger partial charge in [-0.1, -0.05) is 25.5 Å². The zero-order valence-electron chi connectivity index (χ0n) is 15.0. The predicted molar refractivity (Wildman–Crippen MR) is 99.8 cm³/mol. The van der Waals surface area contributed by atoms with E-state index in [9.17, 15) is 9.59 Å². The standard InChI is InChI=1S/C19H24N4O2/c1-4-8-22(9-5-2)17(24)12-23-19(25)18-15(11-20-23)14-10-13(3)6-7-16(14)21-18/h6-7,10-11,21H,4-5,8-9,12H2,1-3H3. The molecule has 0 saturated heterocycles. The Hall–Kier alpha value is -2.63. The summed E-state index contributed by atoms with van der Waals surface area (Å²) in [4.78, 5) is 30.2. The van der Waals surface area contributed by atoms with Crippen LogP contribution < -0.4 is 5.56 Å². The lowest BCUT2D eigenvalue weighted by Crippen LogP contribution is -2.38. The second-order valence-corrected chi connectivity index (χ2v) is 6.45. The first kappa shape index (κ1) is 17.2. The van der Waals surface area contributed by atoms with Gasteiger partial charge in [0.05, 0.1) is 6.20 Å². The van der Waals surface area contributed by atoms with Crippen LogP contribution in [0.2, 0.25) is 0 Å². The highest BCUT2D eigenvalue weighted by molar-refractivity contribution is 6.06. The molecule has 25 heavy (non-hydrogen) atoms. The number of nitrogens with one attached hydrogen (secondary N) is 1. The molecular formula is C19H24N4O2. The second-order valence-electron chi connectivity index (χ2n) is 6.45. The smallest absolute Gasteiger partial charge is 0.291 e. The third-order valence-corrected chi connectivity index (χ3v) is 4.39. The first-order valence-electron chi connectivity index (χ1n) is 8.81. The Balaban J connectivity index is 1.98. The number of hydrogen-bond acceptors (Lipinski definition) is 3. The number of carbonyl (C=O) groups excluding carboxylic acids is 1. The Labute approximate surface area is 146 Å². The summed E-state index contributed by atoms with van der Waals surface area (Å²) in [7, 11) is 0. The van der Waals surface area contributed by atoms with Crippen molar-refractivity contribution in [2.45, 2.75) is 40.2 Å². The summed E-state index contributed by atoms with van der Waals surface area (Å²) in [6.07, 6.45) is 3.47. The van der Waals surface area contributed by atoms with Gasteiger partial charge in [0.2, 0.25) is 5.91 Å². The summed E-state index contributed by atoms with van der Waals surface area (Å²) in [5.74, 6) is -0.0652. The van der Waals surface area contributed by atoms with Gasteiger partial charge < -0.3 is 9.88 Å². The third kappa shape index (κ3) is 3.29. The molecule has 6 nitrogen and oxygen atoms in total. The molecule has 0 aliphatic heterocycles. The number of aryl methyl sites for hydroxylation is 1. The van der Waals surface area contributed by atoms with E-state index in [1.807, 2.05) is 39.0 Å². The minimum absolute atomic E-state index is 0.0246. The van der Waals surface area contributed by atoms with Crippen LogP contribution in [0.5, 0.6) is 0 Å². The van der Waals surface area contributed by atoms with Crippen molar-refractivity contribution in [2.24, 2.45) is 0 Å². The number of benzene rings is 1. The topological polar surface area (TPSA) is 71.0 Å². The van der Waals surface area contributed by atoms with Crippen molar-refractivity contribution in [3.8, 4) is 0 Å². The van der Waals surface area contributed by atoms with Gasteiger partial charge in [-0.3, -0.25) is 9.59 Å². The quantitative estimate of drug-likeness (QED) is 0.750. The van der Waals surface area contributed by atoms with Crippen LogP contribution in [-0.4, -0.2) is 38.7 Å². The number of carbonyl (C=O) groups is 1. The summed E-state index contributed by atoms with van der Waals surface area (Å²) in [6, 6.07) is 6.00. The molecule has 1 amide bonds. The molecule has 3 aromatic rings. The van der Waals surface area contributed by atoms with Gasteiger partial charge in [0, 0.05) is 29.4 Å². The zero-order chi connectivity index (χ0) is 18.0. The van der Waals surface area contributed by atoms with E-state index >= 15 is 0 Å². The van der Waals surface area contributed by atoms with Gasteiger partial charge in [-0.2, -0.15) is 5.10 Å². The maximum absolute atomic E-state index is 12.8. The molecule has 0 radical (unpaired) electrons. The molecule has 6 heteroatoms. The van der Waals surface area contributed by atoms with Crippen LogP contribution in [0.15, 0.2) is 29.2 Å². The van der Waals surface area contributed by atoms with E-state index in [0.29, 0.717) is 18.6 Å². The molecule has 0 unspecified atom stereocenters. The fourth-order valence-corrected chi connectivity index (χ4v) is 3.18. The van der Waals surface area contributed by atoms with E-state index in [4.69, 9.17) is 0 Å². The number of hydrogen-bond donors (Lipinski definition) is 1. The van der Waals surface area contributed by atoms with Crippen molar-refractivity contribution >= 4 is 27.7 Å². The number of aromatic nitrogens is 3. The lowest BCUT2D eigenvalue weighted by molar-refractivity contribution is -0.132. The molecular weight excluding hydrogens is 316 g/mol. The van der Waals surface area contributed by atoms with Crippen LogP contribution in [-0.2, 0) is 11.3 Å². The lowest BCUT2D eigenvalue weighted by Gasteiger charge is -2.21. The van der Waals surface area contributed by atoms with E-state index in [1.54, 1.807) is 11.1 Å². The van der Waals surface area contributed by atoms with E-state index in [1.165, 1.54) is 4.68 Å². The zero-order valence-corrected chi connectivity index (χ0v) is 15.0. The molecule has 0 fully saturated rings. The van der Waals surface area contributed by atoms with Crippen LogP contribution in [0.4, 0.5) is 0 Å². The fourth-order valence-electron chi connectivity index (χ4n) is 3.18. The Morgan fingerprint density at radius 3 is 2.60 bits per heavy atom. The molecule has 0 spiro atoms. The maximum Gasteiger partial charge on any atom is 0.291 e. The molecule has 0 aliphatic carbocycles. The number of H-pyrrole nitrogens is 1. The van der Waals surface area contributed by atoms with Gasteiger partial charge in [-0.25, -0.2) is 4.68 Å². The lowest BCUT2D eigenvalue weighted by atomic mass is 10.1. The highest BCUT2D eigenvalue weighted by atomic mass is 16.2. The highest BCUT2D eigenvalue weighted by Crippen LogP contribution is 2.23. The van der Waals surface area contributed by atoms with Gasteiger partial charge in [-0.15, -0.1) is 0 Å². The van der Waals surface area contributed by atoms with Crippen molar-refractivity contribution in [3.05, 3.63) is 40.3 Å². The maximum atomic E-state index is 12.8. The molecule has 0 saturated carbocycles. The first-order chi connectivity index (χ1) is 12.0. The Morgan fingerprint density at radius 2 is 1.92 bits per heavy atom. The minimum atomic E-state index is -0.257. The van der Waals surface area contributed by atoms with Crippen molar-refractivity contribution in [2.75, 3.05) is 13.1 Å². The van der Waals surface area contributed by atoms with Gasteiger partial charge >= 0.3 is 0 Å². The minimum Gasteiger partial charge on any atom is -0.350 e. The predicted octanol–water partition coefficient (Wildman–Crippen LogP) is 2.83. The van der Waals surface area contributed by atoms with E-state index in [-0.39, 0.29) is 18.0 Å². The molecule has 1 aromatic carbocycles. The van der Waals surface area contributed by atoms with Crippen molar-refractivity contribution < 1.29 is 4.79 Å². The van der Waals surface area contributed by atoms with Crippen LogP contribution in [0, 0.1) is 6.92 Å². The molecule has 2 heterocycles. The molecule has 2 aromatic heterocycles. The summed E-state index contributed by atoms with van der Waals surface area (Å²) in [5.41, 5.74) is 2.28. The summed E-state index contributed by atoms with van der Waals surface area (Å²) >= 11 is 0. The van der Waals surface area contributed by atoms with Gasteiger partial charge in [0.1, 0.15) is 12.1 Å². The van der Waals surface area contributed by atoms with Crippen LogP contribution in [0.3, 0.4) is 0 Å². The van der Waals surface area contributed by atoms with Crippen molar-refractivity contribution in [3.63, 3.8) is 0 Å². The number of nitrogens with zero attached hydrogens (tertiary/aromatic N) is 3. The van der Waals surface area contributed by atoms with Crippen LogP contribution in [0.25, 0.3) is 21.8 Å². The summed E-state index contributed by atoms with van der Waals surface area (Å²) in [6.45, 7) is 7.48. The van der Waals surface area contributed by atoms with Gasteiger partial charge in [0.15, 0.2) is 0 Å². The molecule has 0 atom stereocenters. The van der Waals surface area contributed by atoms with Gasteiger partial charge in [0.25, 0.3) is 5.56 Å². The number of amides is 1. The average Bonchev–Trinajstić information content (AvgIpc) is 2.96. The molecule has 1 N–H and O–H groups in total. The largest absolute Gasteiger partial charge is 0.350 e. The Bertz CT molecular complexity index is 965. The number of fused-ring (bicyclic) bond motifs is 3.